The summed E-state index contributed by atoms with van der Waals surface area (Å²) >= 11 is 0. The average Bonchev–Trinajstić information content (AvgIpc) is 3.13. The second kappa shape index (κ2) is 8.91. The lowest BCUT2D eigenvalue weighted by atomic mass is 9.94. The number of aromatic nitrogens is 3. The minimum Gasteiger partial charge on any atom is -0.360 e. The van der Waals surface area contributed by atoms with E-state index in [1.807, 2.05) is 4.90 Å². The fourth-order valence-electron chi connectivity index (χ4n) is 4.31. The van der Waals surface area contributed by atoms with Crippen molar-refractivity contribution < 1.29 is 17.7 Å². The quantitative estimate of drug-likeness (QED) is 0.671. The van der Waals surface area contributed by atoms with Crippen LogP contribution in [0.3, 0.4) is 0 Å². The Bertz CT molecular complexity index is 990. The summed E-state index contributed by atoms with van der Waals surface area (Å²) in [7, 11) is -3.62. The highest BCUT2D eigenvalue weighted by atomic mass is 32.2. The number of amides is 1. The molecular formula is C20H28N6O4S. The molecule has 4 heterocycles. The van der Waals surface area contributed by atoms with Gasteiger partial charge in [0.1, 0.15) is 10.6 Å². The molecule has 2 aliphatic heterocycles. The van der Waals surface area contributed by atoms with Crippen LogP contribution in [0.5, 0.6) is 0 Å². The number of sulfonamides is 1. The lowest BCUT2D eigenvalue weighted by molar-refractivity contribution is -0.132. The normalized spacial score (nSPS) is 19.0. The van der Waals surface area contributed by atoms with Gasteiger partial charge in [0.25, 0.3) is 0 Å². The van der Waals surface area contributed by atoms with Crippen molar-refractivity contribution in [1.82, 2.24) is 24.3 Å². The Morgan fingerprint density at radius 1 is 1.06 bits per heavy atom. The monoisotopic (exact) mass is 448 g/mol. The summed E-state index contributed by atoms with van der Waals surface area (Å²) in [6.07, 6.45) is 5.25. The Hall–Kier alpha value is -2.53. The van der Waals surface area contributed by atoms with Crippen LogP contribution < -0.4 is 4.90 Å². The van der Waals surface area contributed by atoms with Gasteiger partial charge in [0.05, 0.1) is 0 Å². The Labute approximate surface area is 182 Å². The minimum atomic E-state index is -3.62. The van der Waals surface area contributed by atoms with Gasteiger partial charge in [-0.05, 0) is 38.7 Å². The molecule has 0 aromatic carbocycles. The zero-order chi connectivity index (χ0) is 22.0. The van der Waals surface area contributed by atoms with Gasteiger partial charge in [-0.15, -0.1) is 0 Å². The van der Waals surface area contributed by atoms with E-state index in [0.29, 0.717) is 75.9 Å². The number of nitrogens with zero attached hydrogens (tertiary/aromatic N) is 6. The predicted octanol–water partition coefficient (Wildman–Crippen LogP) is 1.22. The Kier molecular flexibility index (Phi) is 6.24. The third-order valence-electron chi connectivity index (χ3n) is 6.07. The number of hydrogen-bond donors (Lipinski definition) is 0. The molecule has 0 unspecified atom stereocenters. The van der Waals surface area contributed by atoms with Gasteiger partial charge in [-0.3, -0.25) is 4.79 Å². The first-order chi connectivity index (χ1) is 14.9. The molecule has 0 atom stereocenters. The second-order valence-corrected chi connectivity index (χ2v) is 10.00. The van der Waals surface area contributed by atoms with Gasteiger partial charge in [-0.25, -0.2) is 18.4 Å². The van der Waals surface area contributed by atoms with Gasteiger partial charge in [-0.1, -0.05) is 5.16 Å². The van der Waals surface area contributed by atoms with Gasteiger partial charge in [0, 0.05) is 58.1 Å². The Morgan fingerprint density at radius 2 is 1.71 bits per heavy atom. The van der Waals surface area contributed by atoms with Crippen LogP contribution in [0.2, 0.25) is 0 Å². The zero-order valence-corrected chi connectivity index (χ0v) is 18.7. The average molecular weight is 449 g/mol. The van der Waals surface area contributed by atoms with Crippen LogP contribution in [0.15, 0.2) is 27.9 Å². The maximum Gasteiger partial charge on any atom is 0.248 e. The van der Waals surface area contributed by atoms with Crippen molar-refractivity contribution in [2.75, 3.05) is 44.2 Å². The molecule has 2 fully saturated rings. The van der Waals surface area contributed by atoms with Crippen molar-refractivity contribution >= 4 is 21.9 Å². The van der Waals surface area contributed by atoms with E-state index in [4.69, 9.17) is 4.52 Å². The van der Waals surface area contributed by atoms with Crippen molar-refractivity contribution in [2.45, 2.75) is 38.0 Å². The van der Waals surface area contributed by atoms with E-state index >= 15 is 0 Å². The molecule has 0 saturated carbocycles. The van der Waals surface area contributed by atoms with Crippen molar-refractivity contribution in [1.29, 1.82) is 0 Å². The van der Waals surface area contributed by atoms with Crippen LogP contribution >= 0.6 is 0 Å². The fraction of sp³-hybridized carbons (Fsp3) is 0.600. The van der Waals surface area contributed by atoms with Gasteiger partial charge in [0.15, 0.2) is 5.76 Å². The standard InChI is InChI=1S/C20H28N6O4S/c1-15-19(16(2)30-23-15)31(28,29)26-8-4-17(5-9-26)14-18(27)24-10-12-25(13-11-24)20-21-6-3-7-22-20/h3,6-7,17H,4-5,8-14H2,1-2H3. The highest BCUT2D eigenvalue weighted by Crippen LogP contribution is 2.29. The summed E-state index contributed by atoms with van der Waals surface area (Å²) < 4.78 is 32.4. The molecule has 2 aliphatic rings. The van der Waals surface area contributed by atoms with Crippen molar-refractivity contribution in [3.8, 4) is 0 Å². The molecule has 31 heavy (non-hydrogen) atoms. The van der Waals surface area contributed by atoms with Crippen molar-refractivity contribution in [3.63, 3.8) is 0 Å². The van der Waals surface area contributed by atoms with Crippen LogP contribution in [0.25, 0.3) is 0 Å². The predicted molar refractivity (Wildman–Crippen MR) is 113 cm³/mol. The maximum atomic E-state index is 12.9. The SMILES string of the molecule is Cc1noc(C)c1S(=O)(=O)N1CCC(CC(=O)N2CCN(c3ncccn3)CC2)CC1. The number of piperazine rings is 1. The van der Waals surface area contributed by atoms with E-state index in [1.54, 1.807) is 32.3 Å². The van der Waals surface area contributed by atoms with Gasteiger partial charge in [-0.2, -0.15) is 4.31 Å². The van der Waals surface area contributed by atoms with Crippen LogP contribution in [-0.4, -0.2) is 77.9 Å². The number of hydrogen-bond acceptors (Lipinski definition) is 8. The molecule has 2 saturated heterocycles. The zero-order valence-electron chi connectivity index (χ0n) is 17.9. The van der Waals surface area contributed by atoms with Gasteiger partial charge < -0.3 is 14.3 Å². The molecular weight excluding hydrogens is 420 g/mol. The summed E-state index contributed by atoms with van der Waals surface area (Å²) in [6.45, 7) is 6.79. The molecule has 0 bridgehead atoms. The second-order valence-electron chi connectivity index (χ2n) is 8.12. The van der Waals surface area contributed by atoms with E-state index in [0.717, 1.165) is 0 Å². The molecule has 1 amide bonds. The molecule has 4 rings (SSSR count). The summed E-state index contributed by atoms with van der Waals surface area (Å²) in [4.78, 5) is 25.5. The molecule has 2 aromatic heterocycles. The van der Waals surface area contributed by atoms with Crippen molar-refractivity contribution in [3.05, 3.63) is 29.9 Å². The van der Waals surface area contributed by atoms with Crippen molar-refractivity contribution in [2.24, 2.45) is 5.92 Å². The molecule has 168 valence electrons. The Morgan fingerprint density at radius 3 is 2.29 bits per heavy atom. The third-order valence-corrected chi connectivity index (χ3v) is 8.21. The first-order valence-corrected chi connectivity index (χ1v) is 12.0. The number of anilines is 1. The molecule has 11 heteroatoms. The third kappa shape index (κ3) is 4.57. The number of rotatable bonds is 5. The first-order valence-electron chi connectivity index (χ1n) is 10.6. The molecule has 0 N–H and O–H groups in total. The molecule has 0 spiro atoms. The highest BCUT2D eigenvalue weighted by Gasteiger charge is 2.34. The highest BCUT2D eigenvalue weighted by molar-refractivity contribution is 7.89. The number of carbonyl (C=O) groups excluding carboxylic acids is 1. The summed E-state index contributed by atoms with van der Waals surface area (Å²) in [6, 6.07) is 1.79. The smallest absolute Gasteiger partial charge is 0.248 e. The van der Waals surface area contributed by atoms with E-state index in [-0.39, 0.29) is 16.7 Å². The van der Waals surface area contributed by atoms with E-state index < -0.39 is 10.0 Å². The minimum absolute atomic E-state index is 0.140. The fourth-order valence-corrected chi connectivity index (χ4v) is 6.07. The van der Waals surface area contributed by atoms with E-state index in [2.05, 4.69) is 20.0 Å². The molecule has 2 aromatic rings. The van der Waals surface area contributed by atoms with E-state index in [1.165, 1.54) is 4.31 Å². The largest absolute Gasteiger partial charge is 0.360 e. The molecule has 0 radical (unpaired) electrons. The number of piperidine rings is 1. The lowest BCUT2D eigenvalue weighted by Gasteiger charge is -2.36. The topological polar surface area (TPSA) is 113 Å². The van der Waals surface area contributed by atoms with Gasteiger partial charge >= 0.3 is 0 Å². The van der Waals surface area contributed by atoms with Gasteiger partial charge in [0.2, 0.25) is 21.9 Å². The summed E-state index contributed by atoms with van der Waals surface area (Å²) in [5, 5.41) is 3.77. The molecule has 0 aliphatic carbocycles. The summed E-state index contributed by atoms with van der Waals surface area (Å²) in [5.74, 6) is 1.34. The van der Waals surface area contributed by atoms with Crippen LogP contribution in [0.4, 0.5) is 5.95 Å². The van der Waals surface area contributed by atoms with E-state index in [9.17, 15) is 13.2 Å². The van der Waals surface area contributed by atoms with Crippen LogP contribution in [0.1, 0.15) is 30.7 Å². The number of aryl methyl sites for hydroxylation is 2. The first kappa shape index (κ1) is 21.7. The Balaban J connectivity index is 1.27. The molecule has 10 nitrogen and oxygen atoms in total. The summed E-state index contributed by atoms with van der Waals surface area (Å²) in [5.41, 5.74) is 0.384. The number of carbonyl (C=O) groups is 1. The maximum absolute atomic E-state index is 12.9. The van der Waals surface area contributed by atoms with Crippen LogP contribution in [0, 0.1) is 19.8 Å². The lowest BCUT2D eigenvalue weighted by Crippen LogP contribution is -2.50. The van der Waals surface area contributed by atoms with Crippen LogP contribution in [-0.2, 0) is 14.8 Å².